The number of aromatic nitrogens is 2. The van der Waals surface area contributed by atoms with Crippen LogP contribution in [0.4, 0.5) is 0 Å². The number of nitrogens with one attached hydrogen (secondary N) is 1. The van der Waals surface area contributed by atoms with Crippen LogP contribution in [0.3, 0.4) is 0 Å². The van der Waals surface area contributed by atoms with Crippen LogP contribution in [0.2, 0.25) is 0 Å². The molecule has 0 spiro atoms. The highest BCUT2D eigenvalue weighted by molar-refractivity contribution is 5.22. The van der Waals surface area contributed by atoms with E-state index in [1.807, 2.05) is 0 Å². The predicted molar refractivity (Wildman–Crippen MR) is 74.4 cm³/mol. The highest BCUT2D eigenvalue weighted by Gasteiger charge is 2.33. The van der Waals surface area contributed by atoms with Crippen molar-refractivity contribution in [1.82, 2.24) is 15.4 Å². The zero-order valence-electron chi connectivity index (χ0n) is 12.0. The lowest BCUT2D eigenvalue weighted by Gasteiger charge is -2.37. The Labute approximate surface area is 114 Å². The number of methoxy groups -OCH3 is 1. The minimum absolute atomic E-state index is 0.0137. The van der Waals surface area contributed by atoms with Crippen LogP contribution in [0.15, 0.2) is 12.4 Å². The lowest BCUT2D eigenvalue weighted by molar-refractivity contribution is 0.158. The van der Waals surface area contributed by atoms with Crippen LogP contribution in [0.5, 0.6) is 5.88 Å². The molecule has 0 radical (unpaired) electrons. The third kappa shape index (κ3) is 3.22. The summed E-state index contributed by atoms with van der Waals surface area (Å²) in [4.78, 5) is 8.61. The van der Waals surface area contributed by atoms with Gasteiger partial charge in [0.15, 0.2) is 0 Å². The van der Waals surface area contributed by atoms with Crippen molar-refractivity contribution in [3.63, 3.8) is 0 Å². The summed E-state index contributed by atoms with van der Waals surface area (Å²) in [5.41, 5.74) is 4.17. The maximum Gasteiger partial charge on any atom is 0.237 e. The van der Waals surface area contributed by atoms with Gasteiger partial charge in [-0.2, -0.15) is 0 Å². The van der Waals surface area contributed by atoms with Gasteiger partial charge in [-0.25, -0.2) is 4.98 Å². The fraction of sp³-hybridized carbons (Fsp3) is 0.714. The predicted octanol–water partition coefficient (Wildman–Crippen LogP) is 2.21. The average molecular weight is 264 g/mol. The zero-order chi connectivity index (χ0) is 13.9. The molecule has 1 aromatic heterocycles. The van der Waals surface area contributed by atoms with Gasteiger partial charge in [-0.3, -0.25) is 16.3 Å². The minimum atomic E-state index is 0.0137. The summed E-state index contributed by atoms with van der Waals surface area (Å²) in [6.45, 7) is 4.66. The molecule has 1 heterocycles. The molecule has 1 fully saturated rings. The van der Waals surface area contributed by atoms with Crippen molar-refractivity contribution in [2.45, 2.75) is 45.6 Å². The normalized spacial score (nSPS) is 21.1. The summed E-state index contributed by atoms with van der Waals surface area (Å²) in [5, 5.41) is 0. The number of nitrogens with two attached hydrogens (primary N) is 1. The van der Waals surface area contributed by atoms with Gasteiger partial charge in [0, 0.05) is 12.4 Å². The second-order valence-corrected chi connectivity index (χ2v) is 6.10. The molecule has 1 aromatic rings. The number of hydrazine groups is 1. The molecular formula is C14H24N4O. The van der Waals surface area contributed by atoms with Crippen molar-refractivity contribution in [1.29, 1.82) is 0 Å². The fourth-order valence-corrected chi connectivity index (χ4v) is 2.90. The lowest BCUT2D eigenvalue weighted by Crippen LogP contribution is -2.37. The number of nitrogens with zero attached hydrogens (tertiary/aromatic N) is 2. The van der Waals surface area contributed by atoms with Crippen molar-refractivity contribution in [3.05, 3.63) is 18.1 Å². The van der Waals surface area contributed by atoms with Crippen LogP contribution >= 0.6 is 0 Å². The number of ether oxygens (including phenoxy) is 1. The third-order valence-electron chi connectivity index (χ3n) is 4.21. The maximum absolute atomic E-state index is 5.75. The molecule has 5 heteroatoms. The minimum Gasteiger partial charge on any atom is -0.480 e. The standard InChI is InChI=1S/C14H24N4O/c1-14(2)6-4-10(5-7-14)11(18-15)12-13(19-3)17-9-8-16-12/h8-11,18H,4-7,15H2,1-3H3. The van der Waals surface area contributed by atoms with Crippen LogP contribution in [-0.4, -0.2) is 17.1 Å². The molecule has 0 aromatic carbocycles. The molecule has 0 saturated heterocycles. The van der Waals surface area contributed by atoms with E-state index in [0.29, 0.717) is 17.2 Å². The van der Waals surface area contributed by atoms with Crippen LogP contribution in [0, 0.1) is 11.3 Å². The summed E-state index contributed by atoms with van der Waals surface area (Å²) in [7, 11) is 1.62. The second-order valence-electron chi connectivity index (χ2n) is 6.10. The van der Waals surface area contributed by atoms with Gasteiger partial charge in [0.1, 0.15) is 5.69 Å². The highest BCUT2D eigenvalue weighted by atomic mass is 16.5. The van der Waals surface area contributed by atoms with Gasteiger partial charge in [-0.05, 0) is 37.0 Å². The Balaban J connectivity index is 2.16. The Bertz CT molecular complexity index is 412. The average Bonchev–Trinajstić information content (AvgIpc) is 2.42. The lowest BCUT2D eigenvalue weighted by atomic mass is 9.71. The molecule has 0 amide bonds. The monoisotopic (exact) mass is 264 g/mol. The third-order valence-corrected chi connectivity index (χ3v) is 4.21. The van der Waals surface area contributed by atoms with E-state index < -0.39 is 0 Å². The first-order valence-electron chi connectivity index (χ1n) is 6.88. The smallest absolute Gasteiger partial charge is 0.237 e. The number of hydrogen-bond acceptors (Lipinski definition) is 5. The van der Waals surface area contributed by atoms with Gasteiger partial charge in [-0.1, -0.05) is 13.8 Å². The Morgan fingerprint density at radius 2 is 1.95 bits per heavy atom. The summed E-state index contributed by atoms with van der Waals surface area (Å²) in [6.07, 6.45) is 8.08. The molecule has 1 atom stereocenters. The maximum atomic E-state index is 5.75. The van der Waals surface area contributed by atoms with Gasteiger partial charge >= 0.3 is 0 Å². The van der Waals surface area contributed by atoms with Crippen molar-refractivity contribution in [3.8, 4) is 5.88 Å². The van der Waals surface area contributed by atoms with Gasteiger partial charge in [0.05, 0.1) is 13.2 Å². The number of hydrogen-bond donors (Lipinski definition) is 2. The highest BCUT2D eigenvalue weighted by Crippen LogP contribution is 2.43. The Morgan fingerprint density at radius 3 is 2.53 bits per heavy atom. The molecule has 1 aliphatic carbocycles. The summed E-state index contributed by atoms with van der Waals surface area (Å²) in [5.74, 6) is 6.81. The first kappa shape index (κ1) is 14.2. The second kappa shape index (κ2) is 5.84. The van der Waals surface area contributed by atoms with Gasteiger partial charge in [-0.15, -0.1) is 0 Å². The molecule has 1 saturated carbocycles. The Morgan fingerprint density at radius 1 is 1.32 bits per heavy atom. The van der Waals surface area contributed by atoms with Crippen LogP contribution in [0.1, 0.15) is 51.3 Å². The summed E-state index contributed by atoms with van der Waals surface area (Å²) < 4.78 is 5.29. The van der Waals surface area contributed by atoms with Gasteiger partial charge in [0.2, 0.25) is 5.88 Å². The summed E-state index contributed by atoms with van der Waals surface area (Å²) >= 11 is 0. The molecule has 0 bridgehead atoms. The van der Waals surface area contributed by atoms with Gasteiger partial charge in [0.25, 0.3) is 0 Å². The van der Waals surface area contributed by atoms with Crippen molar-refractivity contribution >= 4 is 0 Å². The fourth-order valence-electron chi connectivity index (χ4n) is 2.90. The molecule has 1 aliphatic rings. The largest absolute Gasteiger partial charge is 0.480 e. The number of rotatable bonds is 4. The summed E-state index contributed by atoms with van der Waals surface area (Å²) in [6, 6.07) is 0.0137. The van der Waals surface area contributed by atoms with E-state index in [1.54, 1.807) is 19.5 Å². The quantitative estimate of drug-likeness (QED) is 0.644. The molecule has 5 nitrogen and oxygen atoms in total. The molecule has 0 aliphatic heterocycles. The SMILES string of the molecule is COc1nccnc1C(NN)C1CCC(C)(C)CC1. The first-order chi connectivity index (χ1) is 9.07. The topological polar surface area (TPSA) is 73.1 Å². The Hall–Kier alpha value is -1.20. The van der Waals surface area contributed by atoms with Crippen LogP contribution in [-0.2, 0) is 0 Å². The van der Waals surface area contributed by atoms with Crippen LogP contribution in [0.25, 0.3) is 0 Å². The van der Waals surface area contributed by atoms with Gasteiger partial charge < -0.3 is 4.74 Å². The molecule has 3 N–H and O–H groups in total. The van der Waals surface area contributed by atoms with E-state index >= 15 is 0 Å². The first-order valence-corrected chi connectivity index (χ1v) is 6.88. The molecule has 106 valence electrons. The van der Waals surface area contributed by atoms with E-state index in [0.717, 1.165) is 18.5 Å². The van der Waals surface area contributed by atoms with E-state index in [4.69, 9.17) is 10.6 Å². The van der Waals surface area contributed by atoms with E-state index in [-0.39, 0.29) is 6.04 Å². The molecule has 1 unspecified atom stereocenters. The molecular weight excluding hydrogens is 240 g/mol. The molecule has 2 rings (SSSR count). The van der Waals surface area contributed by atoms with E-state index in [1.165, 1.54) is 12.8 Å². The van der Waals surface area contributed by atoms with Crippen molar-refractivity contribution < 1.29 is 4.74 Å². The van der Waals surface area contributed by atoms with E-state index in [2.05, 4.69) is 29.2 Å². The molecule has 19 heavy (non-hydrogen) atoms. The van der Waals surface area contributed by atoms with Crippen molar-refractivity contribution in [2.75, 3.05) is 7.11 Å². The van der Waals surface area contributed by atoms with Crippen LogP contribution < -0.4 is 16.0 Å². The zero-order valence-corrected chi connectivity index (χ0v) is 12.0. The van der Waals surface area contributed by atoms with Crippen molar-refractivity contribution in [2.24, 2.45) is 17.2 Å². The Kier molecular flexibility index (Phi) is 4.37. The van der Waals surface area contributed by atoms with E-state index in [9.17, 15) is 0 Å².